The van der Waals surface area contributed by atoms with Crippen LogP contribution in [-0.4, -0.2) is 76.1 Å². The van der Waals surface area contributed by atoms with Gasteiger partial charge in [-0.25, -0.2) is 0 Å². The summed E-state index contributed by atoms with van der Waals surface area (Å²) in [5.74, 6) is 0.902. The Kier molecular flexibility index (Phi) is 7.53. The van der Waals surface area contributed by atoms with Crippen molar-refractivity contribution < 1.29 is 19.0 Å². The molecule has 2 N–H and O–H groups in total. The average Bonchev–Trinajstić information content (AvgIpc) is 2.73. The number of methoxy groups -OCH3 is 2. The summed E-state index contributed by atoms with van der Waals surface area (Å²) in [7, 11) is 3.25. The number of hydrogen-bond acceptors (Lipinski definition) is 6. The van der Waals surface area contributed by atoms with Crippen LogP contribution in [0.3, 0.4) is 0 Å². The summed E-state index contributed by atoms with van der Waals surface area (Å²) in [5, 5.41) is 0. The molecule has 0 bridgehead atoms. The van der Waals surface area contributed by atoms with Crippen LogP contribution in [-0.2, 0) is 14.3 Å². The molecule has 7 heteroatoms. The van der Waals surface area contributed by atoms with Gasteiger partial charge >= 0.3 is 0 Å². The van der Waals surface area contributed by atoms with Crippen molar-refractivity contribution in [2.75, 3.05) is 52.0 Å². The Morgan fingerprint density at radius 1 is 1.14 bits per heavy atom. The highest BCUT2D eigenvalue weighted by Gasteiger charge is 2.33. The molecule has 2 aliphatic heterocycles. The third-order valence-electron chi connectivity index (χ3n) is 5.79. The topological polar surface area (TPSA) is 77.3 Å². The number of nitrogens with two attached hydrogens (primary N) is 1. The zero-order valence-electron chi connectivity index (χ0n) is 17.0. The highest BCUT2D eigenvalue weighted by molar-refractivity contribution is 5.78. The summed E-state index contributed by atoms with van der Waals surface area (Å²) in [6.45, 7) is 3.18. The van der Waals surface area contributed by atoms with Gasteiger partial charge in [-0.05, 0) is 37.8 Å². The van der Waals surface area contributed by atoms with Crippen molar-refractivity contribution in [1.82, 2.24) is 4.90 Å². The van der Waals surface area contributed by atoms with E-state index < -0.39 is 0 Å². The minimum absolute atomic E-state index is 0.00255. The molecule has 0 aromatic heterocycles. The number of ether oxygens (including phenoxy) is 3. The van der Waals surface area contributed by atoms with Crippen LogP contribution in [0.4, 0.5) is 5.69 Å². The van der Waals surface area contributed by atoms with Crippen molar-refractivity contribution in [3.8, 4) is 5.75 Å². The molecule has 1 aromatic rings. The standard InChI is InChI=1S/C21H33N3O4/c1-26-15-21(25)24-11-5-6-17(22)19(24)14-28-16-9-12-23(13-10-16)18-7-3-4-8-20(18)27-2/h3-4,7-8,16-17,19H,5-6,9-15,22H2,1-2H3. The molecular formula is C21H33N3O4. The number of carbonyl (C=O) groups excluding carboxylic acids is 1. The molecule has 2 unspecified atom stereocenters. The number of benzene rings is 1. The second-order valence-corrected chi connectivity index (χ2v) is 7.59. The average molecular weight is 392 g/mol. The Bertz CT molecular complexity index is 634. The van der Waals surface area contributed by atoms with Gasteiger partial charge in [-0.15, -0.1) is 0 Å². The summed E-state index contributed by atoms with van der Waals surface area (Å²) in [4.78, 5) is 16.5. The van der Waals surface area contributed by atoms with E-state index in [-0.39, 0.29) is 30.7 Å². The molecule has 0 spiro atoms. The van der Waals surface area contributed by atoms with E-state index >= 15 is 0 Å². The van der Waals surface area contributed by atoms with Crippen LogP contribution in [0.1, 0.15) is 25.7 Å². The largest absolute Gasteiger partial charge is 0.495 e. The third-order valence-corrected chi connectivity index (χ3v) is 5.79. The van der Waals surface area contributed by atoms with Crippen molar-refractivity contribution in [1.29, 1.82) is 0 Å². The number of hydrogen-bond donors (Lipinski definition) is 1. The molecule has 2 heterocycles. The van der Waals surface area contributed by atoms with Crippen LogP contribution in [0.15, 0.2) is 24.3 Å². The Labute approximate surface area is 167 Å². The maximum atomic E-state index is 12.3. The summed E-state index contributed by atoms with van der Waals surface area (Å²) in [6.07, 6.45) is 3.96. The fourth-order valence-corrected chi connectivity index (χ4v) is 4.21. The predicted octanol–water partition coefficient (Wildman–Crippen LogP) is 1.65. The highest BCUT2D eigenvalue weighted by atomic mass is 16.5. The first-order valence-corrected chi connectivity index (χ1v) is 10.2. The maximum Gasteiger partial charge on any atom is 0.248 e. The highest BCUT2D eigenvalue weighted by Crippen LogP contribution is 2.30. The molecule has 2 atom stereocenters. The second kappa shape index (κ2) is 10.1. The van der Waals surface area contributed by atoms with Crippen LogP contribution < -0.4 is 15.4 Å². The monoisotopic (exact) mass is 391 g/mol. The molecule has 0 saturated carbocycles. The van der Waals surface area contributed by atoms with Gasteiger partial charge in [0.25, 0.3) is 0 Å². The quantitative estimate of drug-likeness (QED) is 0.762. The molecule has 1 aromatic carbocycles. The van der Waals surface area contributed by atoms with Gasteiger partial charge in [0, 0.05) is 32.8 Å². The molecule has 0 aliphatic carbocycles. The van der Waals surface area contributed by atoms with E-state index in [1.54, 1.807) is 14.2 Å². The van der Waals surface area contributed by atoms with Crippen molar-refractivity contribution in [3.63, 3.8) is 0 Å². The third kappa shape index (κ3) is 4.96. The zero-order chi connectivity index (χ0) is 19.9. The molecule has 2 aliphatic rings. The molecule has 156 valence electrons. The first-order chi connectivity index (χ1) is 13.6. The van der Waals surface area contributed by atoms with E-state index in [1.807, 2.05) is 23.1 Å². The number of nitrogens with zero attached hydrogens (tertiary/aromatic N) is 2. The lowest BCUT2D eigenvalue weighted by Crippen LogP contribution is -2.57. The Morgan fingerprint density at radius 2 is 1.89 bits per heavy atom. The number of amides is 1. The van der Waals surface area contributed by atoms with Crippen LogP contribution in [0, 0.1) is 0 Å². The Balaban J connectivity index is 1.52. The predicted molar refractivity (Wildman–Crippen MR) is 109 cm³/mol. The molecule has 2 fully saturated rings. The molecule has 2 saturated heterocycles. The van der Waals surface area contributed by atoms with E-state index in [0.717, 1.165) is 56.8 Å². The molecule has 1 amide bonds. The fraction of sp³-hybridized carbons (Fsp3) is 0.667. The first kappa shape index (κ1) is 20.9. The smallest absolute Gasteiger partial charge is 0.248 e. The summed E-state index contributed by atoms with van der Waals surface area (Å²) < 4.78 is 16.7. The minimum Gasteiger partial charge on any atom is -0.495 e. The first-order valence-electron chi connectivity index (χ1n) is 10.2. The second-order valence-electron chi connectivity index (χ2n) is 7.59. The number of likely N-dealkylation sites (tertiary alicyclic amines) is 1. The van der Waals surface area contributed by atoms with E-state index in [1.165, 1.54) is 0 Å². The fourth-order valence-electron chi connectivity index (χ4n) is 4.21. The lowest BCUT2D eigenvalue weighted by Gasteiger charge is -2.41. The lowest BCUT2D eigenvalue weighted by molar-refractivity contribution is -0.142. The van der Waals surface area contributed by atoms with E-state index in [2.05, 4.69) is 11.0 Å². The lowest BCUT2D eigenvalue weighted by atomic mass is 9.97. The normalized spacial score (nSPS) is 23.7. The van der Waals surface area contributed by atoms with Crippen molar-refractivity contribution in [3.05, 3.63) is 24.3 Å². The van der Waals surface area contributed by atoms with Crippen molar-refractivity contribution in [2.45, 2.75) is 43.9 Å². The molecule has 3 rings (SSSR count). The van der Waals surface area contributed by atoms with Crippen LogP contribution in [0.5, 0.6) is 5.75 Å². The number of carbonyl (C=O) groups is 1. The molecular weight excluding hydrogens is 358 g/mol. The number of piperidine rings is 2. The van der Waals surface area contributed by atoms with Crippen molar-refractivity contribution >= 4 is 11.6 Å². The van der Waals surface area contributed by atoms with Gasteiger partial charge in [0.2, 0.25) is 5.91 Å². The van der Waals surface area contributed by atoms with Crippen LogP contribution in [0.2, 0.25) is 0 Å². The van der Waals surface area contributed by atoms with Crippen LogP contribution in [0.25, 0.3) is 0 Å². The number of rotatable bonds is 7. The zero-order valence-corrected chi connectivity index (χ0v) is 17.0. The van der Waals surface area contributed by atoms with Gasteiger partial charge in [-0.1, -0.05) is 12.1 Å². The SMILES string of the molecule is COCC(=O)N1CCCC(N)C1COC1CCN(c2ccccc2OC)CC1. The number of anilines is 1. The van der Waals surface area contributed by atoms with Gasteiger partial charge < -0.3 is 29.7 Å². The summed E-state index contributed by atoms with van der Waals surface area (Å²) in [5.41, 5.74) is 7.45. The van der Waals surface area contributed by atoms with Crippen LogP contribution >= 0.6 is 0 Å². The molecule has 7 nitrogen and oxygen atoms in total. The summed E-state index contributed by atoms with van der Waals surface area (Å²) in [6, 6.07) is 8.01. The van der Waals surface area contributed by atoms with Gasteiger partial charge in [0.05, 0.1) is 31.5 Å². The maximum absolute atomic E-state index is 12.3. The Hall–Kier alpha value is -1.83. The van der Waals surface area contributed by atoms with E-state index in [9.17, 15) is 4.79 Å². The van der Waals surface area contributed by atoms with Gasteiger partial charge in [0.1, 0.15) is 12.4 Å². The van der Waals surface area contributed by atoms with Gasteiger partial charge in [0.15, 0.2) is 0 Å². The minimum atomic E-state index is -0.0661. The number of para-hydroxylation sites is 2. The van der Waals surface area contributed by atoms with Gasteiger partial charge in [-0.2, -0.15) is 0 Å². The molecule has 0 radical (unpaired) electrons. The van der Waals surface area contributed by atoms with E-state index in [4.69, 9.17) is 19.9 Å². The summed E-state index contributed by atoms with van der Waals surface area (Å²) >= 11 is 0. The van der Waals surface area contributed by atoms with Crippen molar-refractivity contribution in [2.24, 2.45) is 5.73 Å². The molecule has 28 heavy (non-hydrogen) atoms. The van der Waals surface area contributed by atoms with E-state index in [0.29, 0.717) is 6.61 Å². The Morgan fingerprint density at radius 3 is 2.61 bits per heavy atom. The van der Waals surface area contributed by atoms with Gasteiger partial charge in [-0.3, -0.25) is 4.79 Å².